The van der Waals surface area contributed by atoms with Gasteiger partial charge in [0.1, 0.15) is 0 Å². The molecule has 10 rings (SSSR count). The van der Waals surface area contributed by atoms with Crippen LogP contribution in [0, 0.1) is 0 Å². The van der Waals surface area contributed by atoms with Crippen molar-refractivity contribution in [3.05, 3.63) is 253 Å². The van der Waals surface area contributed by atoms with Crippen molar-refractivity contribution in [2.24, 2.45) is 0 Å². The van der Waals surface area contributed by atoms with E-state index in [1.54, 1.807) is 0 Å². The zero-order chi connectivity index (χ0) is 42.2. The lowest BCUT2D eigenvalue weighted by molar-refractivity contribution is 0.660. The van der Waals surface area contributed by atoms with Crippen molar-refractivity contribution in [1.29, 1.82) is 0 Å². The first-order valence-corrected chi connectivity index (χ1v) is 21.5. The van der Waals surface area contributed by atoms with E-state index in [0.29, 0.717) is 0 Å². The number of hydrogen-bond acceptors (Lipinski definition) is 2. The molecule has 2 heteroatoms. The summed E-state index contributed by atoms with van der Waals surface area (Å²) in [6, 6.07) is 74.7. The SMILES string of the molecule is C=C(/C=C\C(=C/C)N(c1ccc2c(c1)C(C)(C)c1cc(N(c3ccc(-c4ccccc4)cc3)c3cccc4ccccc34)ccc1-2)c1cccc2ccccc12)c1ccccc1. The van der Waals surface area contributed by atoms with Gasteiger partial charge >= 0.3 is 0 Å². The Morgan fingerprint density at radius 1 is 0.468 bits per heavy atom. The van der Waals surface area contributed by atoms with Crippen LogP contribution in [0.1, 0.15) is 37.5 Å². The average molecular weight is 797 g/mol. The van der Waals surface area contributed by atoms with E-state index in [1.807, 2.05) is 6.07 Å². The third kappa shape index (κ3) is 6.90. The van der Waals surface area contributed by atoms with E-state index in [0.717, 1.165) is 45.3 Å². The Kier molecular flexibility index (Phi) is 9.98. The Hall–Kier alpha value is -7.68. The molecule has 0 saturated heterocycles. The summed E-state index contributed by atoms with van der Waals surface area (Å²) in [5.74, 6) is 0. The minimum atomic E-state index is -0.282. The molecule has 9 aromatic rings. The normalized spacial score (nSPS) is 13.0. The molecular weight excluding hydrogens is 749 g/mol. The number of nitrogens with zero attached hydrogens (tertiary/aromatic N) is 2. The van der Waals surface area contributed by atoms with Gasteiger partial charge in [-0.25, -0.2) is 0 Å². The van der Waals surface area contributed by atoms with E-state index < -0.39 is 0 Å². The van der Waals surface area contributed by atoms with Crippen LogP contribution in [0.15, 0.2) is 237 Å². The van der Waals surface area contributed by atoms with Crippen LogP contribution in [0.4, 0.5) is 28.4 Å². The lowest BCUT2D eigenvalue weighted by Crippen LogP contribution is -2.19. The molecule has 1 aliphatic carbocycles. The highest BCUT2D eigenvalue weighted by Crippen LogP contribution is 2.53. The maximum atomic E-state index is 4.43. The second-order valence-electron chi connectivity index (χ2n) is 16.6. The first-order valence-electron chi connectivity index (χ1n) is 21.5. The van der Waals surface area contributed by atoms with Crippen molar-refractivity contribution < 1.29 is 0 Å². The van der Waals surface area contributed by atoms with E-state index in [9.17, 15) is 0 Å². The minimum Gasteiger partial charge on any atom is -0.310 e. The largest absolute Gasteiger partial charge is 0.310 e. The van der Waals surface area contributed by atoms with Crippen LogP contribution >= 0.6 is 0 Å². The van der Waals surface area contributed by atoms with Gasteiger partial charge in [-0.2, -0.15) is 0 Å². The van der Waals surface area contributed by atoms with Crippen LogP contribution in [0.3, 0.4) is 0 Å². The molecular formula is C60H48N2. The van der Waals surface area contributed by atoms with Crippen LogP contribution in [-0.4, -0.2) is 0 Å². The number of benzene rings is 9. The van der Waals surface area contributed by atoms with Crippen molar-refractivity contribution in [3.8, 4) is 22.3 Å². The van der Waals surface area contributed by atoms with E-state index in [4.69, 9.17) is 0 Å². The van der Waals surface area contributed by atoms with Crippen molar-refractivity contribution in [1.82, 2.24) is 0 Å². The second kappa shape index (κ2) is 16.1. The number of allylic oxidation sites excluding steroid dienone is 4. The fraction of sp³-hybridized carbons (Fsp3) is 0.0667. The number of anilines is 5. The molecule has 0 radical (unpaired) electrons. The zero-order valence-corrected chi connectivity index (χ0v) is 35.5. The molecule has 62 heavy (non-hydrogen) atoms. The Labute approximate surface area is 365 Å². The first kappa shape index (κ1) is 38.5. The summed E-state index contributed by atoms with van der Waals surface area (Å²) in [6.45, 7) is 11.3. The molecule has 0 aliphatic heterocycles. The van der Waals surface area contributed by atoms with Crippen molar-refractivity contribution in [3.63, 3.8) is 0 Å². The minimum absolute atomic E-state index is 0.282. The quantitative estimate of drug-likeness (QED) is 0.127. The molecule has 298 valence electrons. The fourth-order valence-corrected chi connectivity index (χ4v) is 9.32. The summed E-state index contributed by atoms with van der Waals surface area (Å²) in [5, 5.41) is 4.83. The van der Waals surface area contributed by atoms with Crippen molar-refractivity contribution in [2.75, 3.05) is 9.80 Å². The third-order valence-corrected chi connectivity index (χ3v) is 12.6. The Morgan fingerprint density at radius 2 is 0.968 bits per heavy atom. The van der Waals surface area contributed by atoms with Gasteiger partial charge in [0.15, 0.2) is 0 Å². The number of fused-ring (bicyclic) bond motifs is 5. The molecule has 0 bridgehead atoms. The zero-order valence-electron chi connectivity index (χ0n) is 35.5. The molecule has 0 N–H and O–H groups in total. The topological polar surface area (TPSA) is 6.48 Å². The van der Waals surface area contributed by atoms with Gasteiger partial charge in [0, 0.05) is 38.9 Å². The van der Waals surface area contributed by atoms with Crippen molar-refractivity contribution >= 4 is 55.6 Å². The average Bonchev–Trinajstić information content (AvgIpc) is 3.55. The summed E-state index contributed by atoms with van der Waals surface area (Å²) in [7, 11) is 0. The summed E-state index contributed by atoms with van der Waals surface area (Å²) < 4.78 is 0. The Bertz CT molecular complexity index is 3160. The molecule has 1 aliphatic rings. The smallest absolute Gasteiger partial charge is 0.0540 e. The molecule has 0 aromatic heterocycles. The molecule has 0 heterocycles. The molecule has 0 saturated carbocycles. The molecule has 0 atom stereocenters. The molecule has 0 amide bonds. The molecule has 2 nitrogen and oxygen atoms in total. The third-order valence-electron chi connectivity index (χ3n) is 12.6. The van der Waals surface area contributed by atoms with Gasteiger partial charge in [-0.05, 0) is 117 Å². The monoisotopic (exact) mass is 796 g/mol. The van der Waals surface area contributed by atoms with E-state index in [-0.39, 0.29) is 5.41 Å². The van der Waals surface area contributed by atoms with Gasteiger partial charge < -0.3 is 9.80 Å². The van der Waals surface area contributed by atoms with E-state index in [1.165, 1.54) is 54.9 Å². The highest BCUT2D eigenvalue weighted by atomic mass is 15.2. The van der Waals surface area contributed by atoms with Crippen LogP contribution in [0.2, 0.25) is 0 Å². The lowest BCUT2D eigenvalue weighted by atomic mass is 9.82. The molecule has 0 spiro atoms. The summed E-state index contributed by atoms with van der Waals surface area (Å²) in [5.41, 5.74) is 16.1. The molecule has 0 unspecified atom stereocenters. The van der Waals surface area contributed by atoms with Crippen LogP contribution in [0.25, 0.3) is 49.4 Å². The van der Waals surface area contributed by atoms with Crippen LogP contribution < -0.4 is 9.80 Å². The van der Waals surface area contributed by atoms with Gasteiger partial charge in [-0.3, -0.25) is 0 Å². The van der Waals surface area contributed by atoms with Gasteiger partial charge in [0.2, 0.25) is 0 Å². The van der Waals surface area contributed by atoms with E-state index >= 15 is 0 Å². The summed E-state index contributed by atoms with van der Waals surface area (Å²) in [4.78, 5) is 4.83. The predicted octanol–water partition coefficient (Wildman–Crippen LogP) is 16.7. The van der Waals surface area contributed by atoms with Gasteiger partial charge in [0.05, 0.1) is 11.4 Å². The second-order valence-corrected chi connectivity index (χ2v) is 16.6. The van der Waals surface area contributed by atoms with E-state index in [2.05, 4.69) is 256 Å². The summed E-state index contributed by atoms with van der Waals surface area (Å²) in [6.07, 6.45) is 6.53. The van der Waals surface area contributed by atoms with Crippen LogP contribution in [0.5, 0.6) is 0 Å². The Morgan fingerprint density at radius 3 is 1.61 bits per heavy atom. The number of hydrogen-bond donors (Lipinski definition) is 0. The van der Waals surface area contributed by atoms with Gasteiger partial charge in [-0.1, -0.05) is 190 Å². The maximum Gasteiger partial charge on any atom is 0.0540 e. The summed E-state index contributed by atoms with van der Waals surface area (Å²) >= 11 is 0. The molecule has 0 fully saturated rings. The van der Waals surface area contributed by atoms with Gasteiger partial charge in [-0.15, -0.1) is 0 Å². The lowest BCUT2D eigenvalue weighted by Gasteiger charge is -2.30. The Balaban J connectivity index is 1.08. The van der Waals surface area contributed by atoms with Gasteiger partial charge in [0.25, 0.3) is 0 Å². The first-order chi connectivity index (χ1) is 30.4. The van der Waals surface area contributed by atoms with Crippen LogP contribution in [-0.2, 0) is 5.41 Å². The number of rotatable bonds is 10. The molecule has 9 aromatic carbocycles. The highest BCUT2D eigenvalue weighted by molar-refractivity contribution is 6.00. The maximum absolute atomic E-state index is 4.43. The standard InChI is InChI=1S/C60H48N2/c1-5-48(33-30-42(2)43-18-8-6-9-19-43)61(58-28-16-24-46-22-12-14-26-52(46)58)50-36-38-54-55-39-37-51(41-57(55)60(3,4)56(54)40-50)62(59-29-17-25-47-23-13-15-27-53(47)59)49-34-31-45(32-35-49)44-20-10-7-11-21-44/h5-41H,2H2,1,3-4H3/b33-30-,48-5+. The highest BCUT2D eigenvalue weighted by Gasteiger charge is 2.37. The fourth-order valence-electron chi connectivity index (χ4n) is 9.32. The predicted molar refractivity (Wildman–Crippen MR) is 266 cm³/mol. The van der Waals surface area contributed by atoms with Crippen molar-refractivity contribution in [2.45, 2.75) is 26.2 Å².